The van der Waals surface area contributed by atoms with Gasteiger partial charge in [0, 0.05) is 32.9 Å². The standard InChI is InChI=1S/C42H26BNO2/c1-2-10-27(11-3-1)29-21-23-39-35(25-29)34-16-9-19-40-42(34)43(46-39)36-22-20-30(26-41(36)45-40)28-12-8-13-31(24-28)44-37-17-6-4-14-32(37)33-15-5-7-18-38(33)44/h1-26H. The lowest BCUT2D eigenvalue weighted by Crippen LogP contribution is -2.53. The summed E-state index contributed by atoms with van der Waals surface area (Å²) in [6.45, 7) is -0.233. The summed E-state index contributed by atoms with van der Waals surface area (Å²) < 4.78 is 15.8. The number of hydrogen-bond donors (Lipinski definition) is 0. The predicted molar refractivity (Wildman–Crippen MR) is 189 cm³/mol. The lowest BCUT2D eigenvalue weighted by atomic mass is 9.51. The Morgan fingerprint density at radius 2 is 1.11 bits per heavy atom. The fourth-order valence-electron chi connectivity index (χ4n) is 7.36. The van der Waals surface area contributed by atoms with Gasteiger partial charge in [0.05, 0.1) is 11.0 Å². The van der Waals surface area contributed by atoms with E-state index in [1.807, 2.05) is 6.07 Å². The van der Waals surface area contributed by atoms with Crippen molar-refractivity contribution < 1.29 is 9.39 Å². The molecule has 3 nitrogen and oxygen atoms in total. The molecule has 2 aliphatic heterocycles. The van der Waals surface area contributed by atoms with E-state index in [2.05, 4.69) is 156 Å². The highest BCUT2D eigenvalue weighted by Gasteiger charge is 2.40. The summed E-state index contributed by atoms with van der Waals surface area (Å²) in [5.41, 5.74) is 12.5. The van der Waals surface area contributed by atoms with Crippen LogP contribution in [0, 0.1) is 0 Å². The summed E-state index contributed by atoms with van der Waals surface area (Å²) in [6.07, 6.45) is 0. The van der Waals surface area contributed by atoms with Crippen molar-refractivity contribution in [1.82, 2.24) is 4.57 Å². The fraction of sp³-hybridized carbons (Fsp3) is 0. The van der Waals surface area contributed by atoms with Gasteiger partial charge >= 0.3 is 6.92 Å². The Balaban J connectivity index is 1.05. The lowest BCUT2D eigenvalue weighted by Gasteiger charge is -2.33. The Labute approximate surface area is 267 Å². The first kappa shape index (κ1) is 25.3. The summed E-state index contributed by atoms with van der Waals surface area (Å²) in [6, 6.07) is 55.8. The van der Waals surface area contributed by atoms with Gasteiger partial charge in [-0.15, -0.1) is 0 Å². The third-order valence-electron chi connectivity index (χ3n) is 9.48. The molecule has 1 aromatic heterocycles. The van der Waals surface area contributed by atoms with E-state index in [0.717, 1.165) is 56.1 Å². The van der Waals surface area contributed by atoms with Crippen molar-refractivity contribution in [2.45, 2.75) is 0 Å². The molecule has 0 unspecified atom stereocenters. The second-order valence-electron chi connectivity index (χ2n) is 12.1. The number of aromatic nitrogens is 1. The molecule has 8 aromatic rings. The average Bonchev–Trinajstić information content (AvgIpc) is 3.46. The lowest BCUT2D eigenvalue weighted by molar-refractivity contribution is 0.479. The molecule has 214 valence electrons. The SMILES string of the molecule is c1ccc(-c2ccc3c(c2)-c2cccc4c2B(O3)c2ccc(-c3cccc(-n5c6ccccc6c6ccccc65)c3)cc2O4)cc1. The number of ether oxygens (including phenoxy) is 1. The second-order valence-corrected chi connectivity index (χ2v) is 12.1. The van der Waals surface area contributed by atoms with Crippen LogP contribution in [0.15, 0.2) is 158 Å². The molecule has 0 spiro atoms. The molecule has 46 heavy (non-hydrogen) atoms. The molecule has 4 heteroatoms. The van der Waals surface area contributed by atoms with Crippen LogP contribution in [0.4, 0.5) is 0 Å². The zero-order chi connectivity index (χ0) is 30.2. The minimum atomic E-state index is -0.233. The molecule has 0 radical (unpaired) electrons. The Hall–Kier alpha value is -6.00. The quantitative estimate of drug-likeness (QED) is 0.192. The smallest absolute Gasteiger partial charge is 0.434 e. The molecular formula is C42H26BNO2. The van der Waals surface area contributed by atoms with E-state index in [1.54, 1.807) is 0 Å². The number of para-hydroxylation sites is 2. The zero-order valence-corrected chi connectivity index (χ0v) is 24.9. The molecule has 0 saturated heterocycles. The number of nitrogens with zero attached hydrogens (tertiary/aromatic N) is 1. The van der Waals surface area contributed by atoms with Gasteiger partial charge in [-0.05, 0) is 76.3 Å². The van der Waals surface area contributed by atoms with E-state index >= 15 is 0 Å². The number of rotatable bonds is 3. The molecule has 0 N–H and O–H groups in total. The molecule has 0 aliphatic carbocycles. The molecule has 0 amide bonds. The summed E-state index contributed by atoms with van der Waals surface area (Å²) >= 11 is 0. The van der Waals surface area contributed by atoms with Gasteiger partial charge in [-0.2, -0.15) is 0 Å². The van der Waals surface area contributed by atoms with Crippen LogP contribution in [-0.2, 0) is 0 Å². The van der Waals surface area contributed by atoms with Crippen molar-refractivity contribution in [2.24, 2.45) is 0 Å². The molecular weight excluding hydrogens is 561 g/mol. The molecule has 0 bridgehead atoms. The minimum Gasteiger partial charge on any atom is -0.551 e. The van der Waals surface area contributed by atoms with Crippen LogP contribution in [0.5, 0.6) is 17.2 Å². The average molecular weight is 587 g/mol. The van der Waals surface area contributed by atoms with E-state index < -0.39 is 0 Å². The van der Waals surface area contributed by atoms with Crippen LogP contribution in [0.25, 0.3) is 60.9 Å². The summed E-state index contributed by atoms with van der Waals surface area (Å²) in [4.78, 5) is 0. The summed E-state index contributed by atoms with van der Waals surface area (Å²) in [7, 11) is 0. The van der Waals surface area contributed by atoms with Crippen molar-refractivity contribution in [3.05, 3.63) is 158 Å². The first-order valence-corrected chi connectivity index (χ1v) is 15.7. The summed E-state index contributed by atoms with van der Waals surface area (Å²) in [5, 5.41) is 2.52. The third kappa shape index (κ3) is 3.74. The van der Waals surface area contributed by atoms with Crippen molar-refractivity contribution in [3.63, 3.8) is 0 Å². The number of fused-ring (bicyclic) bond motifs is 7. The van der Waals surface area contributed by atoms with Crippen LogP contribution >= 0.6 is 0 Å². The summed E-state index contributed by atoms with van der Waals surface area (Å²) in [5.74, 6) is 2.57. The van der Waals surface area contributed by atoms with E-state index in [-0.39, 0.29) is 6.92 Å². The molecule has 10 rings (SSSR count). The van der Waals surface area contributed by atoms with Crippen molar-refractivity contribution in [2.75, 3.05) is 0 Å². The van der Waals surface area contributed by atoms with Gasteiger partial charge in [-0.25, -0.2) is 0 Å². The maximum atomic E-state index is 6.77. The van der Waals surface area contributed by atoms with Gasteiger partial charge < -0.3 is 14.0 Å². The minimum absolute atomic E-state index is 0.233. The van der Waals surface area contributed by atoms with Gasteiger partial charge in [0.2, 0.25) is 0 Å². The number of benzene rings is 7. The first-order chi connectivity index (χ1) is 22.8. The van der Waals surface area contributed by atoms with Crippen LogP contribution < -0.4 is 20.3 Å². The van der Waals surface area contributed by atoms with E-state index in [9.17, 15) is 0 Å². The van der Waals surface area contributed by atoms with E-state index in [0.29, 0.717) is 0 Å². The highest BCUT2D eigenvalue weighted by Crippen LogP contribution is 2.41. The van der Waals surface area contributed by atoms with Gasteiger partial charge in [-0.3, -0.25) is 0 Å². The fourth-order valence-corrected chi connectivity index (χ4v) is 7.36. The molecule has 0 atom stereocenters. The highest BCUT2D eigenvalue weighted by atomic mass is 16.5. The van der Waals surface area contributed by atoms with Crippen LogP contribution in [0.3, 0.4) is 0 Å². The van der Waals surface area contributed by atoms with Crippen LogP contribution in [0.2, 0.25) is 0 Å². The second kappa shape index (κ2) is 9.75. The third-order valence-corrected chi connectivity index (χ3v) is 9.48. The Kier molecular flexibility index (Phi) is 5.37. The van der Waals surface area contributed by atoms with E-state index in [4.69, 9.17) is 9.39 Å². The van der Waals surface area contributed by atoms with Gasteiger partial charge in [-0.1, -0.05) is 109 Å². The van der Waals surface area contributed by atoms with Gasteiger partial charge in [0.1, 0.15) is 17.2 Å². The normalized spacial score (nSPS) is 12.7. The monoisotopic (exact) mass is 587 g/mol. The van der Waals surface area contributed by atoms with Crippen molar-refractivity contribution in [3.8, 4) is 56.3 Å². The largest absolute Gasteiger partial charge is 0.551 e. The predicted octanol–water partition coefficient (Wildman–Crippen LogP) is 9.39. The Morgan fingerprint density at radius 1 is 0.435 bits per heavy atom. The number of hydrogen-bond acceptors (Lipinski definition) is 2. The molecule has 7 aromatic carbocycles. The Bertz CT molecular complexity index is 2440. The van der Waals surface area contributed by atoms with Crippen LogP contribution in [0.1, 0.15) is 0 Å². The zero-order valence-electron chi connectivity index (χ0n) is 24.9. The van der Waals surface area contributed by atoms with Crippen LogP contribution in [-0.4, -0.2) is 11.5 Å². The van der Waals surface area contributed by atoms with Gasteiger partial charge in [0.25, 0.3) is 0 Å². The van der Waals surface area contributed by atoms with Crippen molar-refractivity contribution in [1.29, 1.82) is 0 Å². The van der Waals surface area contributed by atoms with E-state index in [1.165, 1.54) is 32.9 Å². The maximum absolute atomic E-state index is 6.77. The molecule has 0 fully saturated rings. The Morgan fingerprint density at radius 3 is 1.93 bits per heavy atom. The molecule has 2 aliphatic rings. The highest BCUT2D eigenvalue weighted by molar-refractivity contribution is 6.84. The maximum Gasteiger partial charge on any atom is 0.434 e. The molecule has 0 saturated carbocycles. The molecule has 3 heterocycles. The van der Waals surface area contributed by atoms with Crippen molar-refractivity contribution >= 4 is 39.6 Å². The topological polar surface area (TPSA) is 23.4 Å². The first-order valence-electron chi connectivity index (χ1n) is 15.7. The van der Waals surface area contributed by atoms with Gasteiger partial charge in [0.15, 0.2) is 0 Å².